The summed E-state index contributed by atoms with van der Waals surface area (Å²) in [6.45, 7) is 7.20. The van der Waals surface area contributed by atoms with Crippen LogP contribution in [0.4, 0.5) is 0 Å². The van der Waals surface area contributed by atoms with Crippen LogP contribution < -0.4 is 20.7 Å². The first kappa shape index (κ1) is 25.3. The molecule has 1 aromatic rings. The van der Waals surface area contributed by atoms with E-state index in [0.29, 0.717) is 12.3 Å². The number of hydrogen-bond acceptors (Lipinski definition) is 4. The zero-order valence-electron chi connectivity index (χ0n) is 17.8. The molecule has 0 aliphatic heterocycles. The van der Waals surface area contributed by atoms with Gasteiger partial charge in [-0.15, -0.1) is 24.0 Å². The first-order valence-electron chi connectivity index (χ1n) is 10.1. The Balaban J connectivity index is 0.00000420. The van der Waals surface area contributed by atoms with Crippen molar-refractivity contribution in [1.29, 1.82) is 0 Å². The van der Waals surface area contributed by atoms with Crippen molar-refractivity contribution in [3.8, 4) is 11.5 Å². The number of guanidine groups is 1. The molecule has 1 fully saturated rings. The summed E-state index contributed by atoms with van der Waals surface area (Å²) in [7, 11) is 1.53. The number of phenols is 1. The van der Waals surface area contributed by atoms with Crippen molar-refractivity contribution in [2.75, 3.05) is 13.7 Å². The van der Waals surface area contributed by atoms with Crippen LogP contribution in [0.1, 0.15) is 52.0 Å². The van der Waals surface area contributed by atoms with Crippen LogP contribution in [0, 0.1) is 5.92 Å². The Morgan fingerprint density at radius 2 is 2.10 bits per heavy atom. The number of aromatic hydroxyl groups is 1. The molecular weight excluding hydrogens is 483 g/mol. The summed E-state index contributed by atoms with van der Waals surface area (Å²) in [5.41, 5.74) is 0.897. The first-order valence-corrected chi connectivity index (χ1v) is 10.1. The normalized spacial score (nSPS) is 19.3. The molecule has 1 aliphatic rings. The van der Waals surface area contributed by atoms with E-state index >= 15 is 0 Å². The Kier molecular flexibility index (Phi) is 11.2. The van der Waals surface area contributed by atoms with Gasteiger partial charge in [0.25, 0.3) is 0 Å². The number of carbonyl (C=O) groups is 1. The number of hydrogen-bond donors (Lipinski definition) is 4. The highest BCUT2D eigenvalue weighted by Gasteiger charge is 2.28. The molecule has 8 heteroatoms. The Morgan fingerprint density at radius 1 is 1.34 bits per heavy atom. The minimum atomic E-state index is 0. The Labute approximate surface area is 191 Å². The number of phenolic OH excluding ortho intramolecular Hbond substituents is 1. The number of rotatable bonds is 7. The molecule has 1 aromatic carbocycles. The molecule has 1 amide bonds. The lowest BCUT2D eigenvalue weighted by Gasteiger charge is -2.30. The number of halogens is 1. The van der Waals surface area contributed by atoms with Crippen molar-refractivity contribution in [1.82, 2.24) is 16.0 Å². The Hall–Kier alpha value is -1.71. The maximum Gasteiger partial charge on any atom is 0.223 e. The van der Waals surface area contributed by atoms with Crippen LogP contribution >= 0.6 is 24.0 Å². The Bertz CT molecular complexity index is 682. The lowest BCUT2D eigenvalue weighted by Crippen LogP contribution is -2.47. The number of amides is 1. The van der Waals surface area contributed by atoms with E-state index in [-0.39, 0.29) is 53.6 Å². The van der Waals surface area contributed by atoms with Gasteiger partial charge < -0.3 is 25.8 Å². The second-order valence-electron chi connectivity index (χ2n) is 7.57. The van der Waals surface area contributed by atoms with E-state index in [1.807, 2.05) is 26.8 Å². The molecule has 164 valence electrons. The molecule has 29 heavy (non-hydrogen) atoms. The predicted octanol–water partition coefficient (Wildman–Crippen LogP) is 3.16. The van der Waals surface area contributed by atoms with Gasteiger partial charge in [-0.05, 0) is 57.7 Å². The third kappa shape index (κ3) is 8.28. The predicted molar refractivity (Wildman–Crippen MR) is 127 cm³/mol. The molecule has 2 unspecified atom stereocenters. The molecule has 0 radical (unpaired) electrons. The number of aliphatic imine (C=N–C) groups is 1. The van der Waals surface area contributed by atoms with Crippen LogP contribution in [0.25, 0.3) is 0 Å². The van der Waals surface area contributed by atoms with E-state index in [0.717, 1.165) is 43.8 Å². The SMILES string of the molecule is CCNC(=NCc1ccc(OC)c(O)c1)NC1CCCC(C(=O)NC(C)C)C1.I. The van der Waals surface area contributed by atoms with Crippen molar-refractivity contribution in [2.45, 2.75) is 65.1 Å². The van der Waals surface area contributed by atoms with Crippen molar-refractivity contribution in [2.24, 2.45) is 10.9 Å². The van der Waals surface area contributed by atoms with Crippen LogP contribution in [-0.4, -0.2) is 42.7 Å². The topological polar surface area (TPSA) is 95.0 Å². The second kappa shape index (κ2) is 12.8. The summed E-state index contributed by atoms with van der Waals surface area (Å²) >= 11 is 0. The molecule has 0 heterocycles. The molecular formula is C21H35IN4O3. The van der Waals surface area contributed by atoms with E-state index in [2.05, 4.69) is 20.9 Å². The van der Waals surface area contributed by atoms with Gasteiger partial charge in [0.05, 0.1) is 13.7 Å². The third-order valence-electron chi connectivity index (χ3n) is 4.82. The van der Waals surface area contributed by atoms with Gasteiger partial charge in [0.2, 0.25) is 5.91 Å². The van der Waals surface area contributed by atoms with Gasteiger partial charge in [-0.3, -0.25) is 4.79 Å². The quantitative estimate of drug-likeness (QED) is 0.253. The molecule has 1 saturated carbocycles. The first-order chi connectivity index (χ1) is 13.4. The molecule has 4 N–H and O–H groups in total. The van der Waals surface area contributed by atoms with Gasteiger partial charge in [0.15, 0.2) is 17.5 Å². The van der Waals surface area contributed by atoms with Crippen LogP contribution in [0.15, 0.2) is 23.2 Å². The summed E-state index contributed by atoms with van der Waals surface area (Å²) in [6.07, 6.45) is 3.81. The van der Waals surface area contributed by atoms with Crippen molar-refractivity contribution < 1.29 is 14.6 Å². The Morgan fingerprint density at radius 3 is 2.72 bits per heavy atom. The van der Waals surface area contributed by atoms with E-state index in [9.17, 15) is 9.90 Å². The highest BCUT2D eigenvalue weighted by atomic mass is 127. The second-order valence-corrected chi connectivity index (χ2v) is 7.57. The number of carbonyl (C=O) groups excluding carboxylic acids is 1. The number of ether oxygens (including phenoxy) is 1. The maximum atomic E-state index is 12.3. The van der Waals surface area contributed by atoms with Crippen LogP contribution in [0.2, 0.25) is 0 Å². The van der Waals surface area contributed by atoms with Gasteiger partial charge in [0, 0.05) is 24.5 Å². The molecule has 2 rings (SSSR count). The molecule has 2 atom stereocenters. The fraction of sp³-hybridized carbons (Fsp3) is 0.619. The van der Waals surface area contributed by atoms with Crippen molar-refractivity contribution in [3.63, 3.8) is 0 Å². The van der Waals surface area contributed by atoms with E-state index in [1.54, 1.807) is 12.1 Å². The highest BCUT2D eigenvalue weighted by Crippen LogP contribution is 2.27. The number of nitrogens with zero attached hydrogens (tertiary/aromatic N) is 1. The summed E-state index contributed by atoms with van der Waals surface area (Å²) in [4.78, 5) is 17.0. The lowest BCUT2D eigenvalue weighted by atomic mass is 9.85. The fourth-order valence-corrected chi connectivity index (χ4v) is 3.48. The van der Waals surface area contributed by atoms with Gasteiger partial charge >= 0.3 is 0 Å². The van der Waals surface area contributed by atoms with Crippen LogP contribution in [0.5, 0.6) is 11.5 Å². The average Bonchev–Trinajstić information content (AvgIpc) is 2.66. The van der Waals surface area contributed by atoms with Gasteiger partial charge in [-0.1, -0.05) is 12.5 Å². The lowest BCUT2D eigenvalue weighted by molar-refractivity contribution is -0.126. The maximum absolute atomic E-state index is 12.3. The minimum Gasteiger partial charge on any atom is -0.504 e. The van der Waals surface area contributed by atoms with E-state index in [1.165, 1.54) is 7.11 Å². The average molecular weight is 518 g/mol. The van der Waals surface area contributed by atoms with Crippen LogP contribution in [0.3, 0.4) is 0 Å². The third-order valence-corrected chi connectivity index (χ3v) is 4.82. The molecule has 0 bridgehead atoms. The van der Waals surface area contributed by atoms with Gasteiger partial charge in [0.1, 0.15) is 0 Å². The zero-order chi connectivity index (χ0) is 20.5. The highest BCUT2D eigenvalue weighted by molar-refractivity contribution is 14.0. The van der Waals surface area contributed by atoms with E-state index in [4.69, 9.17) is 4.74 Å². The van der Waals surface area contributed by atoms with Gasteiger partial charge in [-0.25, -0.2) is 4.99 Å². The summed E-state index contributed by atoms with van der Waals surface area (Å²) in [5, 5.41) is 19.7. The monoisotopic (exact) mass is 518 g/mol. The van der Waals surface area contributed by atoms with Gasteiger partial charge in [-0.2, -0.15) is 0 Å². The molecule has 7 nitrogen and oxygen atoms in total. The minimum absolute atomic E-state index is 0. The van der Waals surface area contributed by atoms with Crippen molar-refractivity contribution in [3.05, 3.63) is 23.8 Å². The fourth-order valence-electron chi connectivity index (χ4n) is 3.48. The standard InChI is InChI=1S/C21H34N4O3.HI/c1-5-22-21(23-13-15-9-10-19(28-4)18(26)11-15)25-17-8-6-7-16(12-17)20(27)24-14(2)3;/h9-11,14,16-17,26H,5-8,12-13H2,1-4H3,(H,24,27)(H2,22,23,25);1H. The zero-order valence-corrected chi connectivity index (χ0v) is 20.2. The number of methoxy groups -OCH3 is 1. The largest absolute Gasteiger partial charge is 0.504 e. The smallest absolute Gasteiger partial charge is 0.223 e. The summed E-state index contributed by atoms with van der Waals surface area (Å²) in [6, 6.07) is 5.68. The summed E-state index contributed by atoms with van der Waals surface area (Å²) in [5.74, 6) is 1.49. The number of benzene rings is 1. The molecule has 0 aromatic heterocycles. The molecule has 0 saturated heterocycles. The van der Waals surface area contributed by atoms with Crippen molar-refractivity contribution >= 4 is 35.8 Å². The molecule has 1 aliphatic carbocycles. The van der Waals surface area contributed by atoms with E-state index < -0.39 is 0 Å². The van der Waals surface area contributed by atoms with Crippen LogP contribution in [-0.2, 0) is 11.3 Å². The number of nitrogens with one attached hydrogen (secondary N) is 3. The summed E-state index contributed by atoms with van der Waals surface area (Å²) < 4.78 is 5.07. The molecule has 0 spiro atoms.